The van der Waals surface area contributed by atoms with Gasteiger partial charge in [-0.2, -0.15) is 0 Å². The van der Waals surface area contributed by atoms with Gasteiger partial charge in [0.25, 0.3) is 5.69 Å². The number of H-pyrrole nitrogens is 1. The average Bonchev–Trinajstić information content (AvgIpc) is 2.90. The number of piperidine rings is 1. The molecule has 2 heterocycles. The van der Waals surface area contributed by atoms with Crippen LogP contribution in [0, 0.1) is 10.1 Å². The summed E-state index contributed by atoms with van der Waals surface area (Å²) in [6.45, 7) is 2.00. The number of rotatable bonds is 3. The van der Waals surface area contributed by atoms with Crippen LogP contribution in [0.1, 0.15) is 12.8 Å². The fraction of sp³-hybridized carbons (Fsp3) is 0.462. The van der Waals surface area contributed by atoms with Crippen LogP contribution in [0.4, 0.5) is 11.6 Å². The fourth-order valence-electron chi connectivity index (χ4n) is 2.60. The first-order valence-electron chi connectivity index (χ1n) is 6.73. The third kappa shape index (κ3) is 3.08. The molecular weight excluding hydrogens is 294 g/mol. The topological polar surface area (TPSA) is 87.1 Å². The van der Waals surface area contributed by atoms with E-state index in [0.29, 0.717) is 11.6 Å². The van der Waals surface area contributed by atoms with E-state index in [-0.39, 0.29) is 18.1 Å². The van der Waals surface area contributed by atoms with Crippen molar-refractivity contribution in [1.29, 1.82) is 0 Å². The molecule has 1 aliphatic heterocycles. The number of anilines is 1. The highest BCUT2D eigenvalue weighted by molar-refractivity contribution is 5.85. The molecule has 1 unspecified atom stereocenters. The van der Waals surface area contributed by atoms with Gasteiger partial charge in [-0.05, 0) is 25.5 Å². The summed E-state index contributed by atoms with van der Waals surface area (Å²) < 4.78 is 0. The Hall–Kier alpha value is -1.86. The molecule has 0 spiro atoms. The average molecular weight is 312 g/mol. The number of imidazole rings is 1. The van der Waals surface area contributed by atoms with E-state index in [1.165, 1.54) is 12.1 Å². The first-order valence-corrected chi connectivity index (χ1v) is 6.73. The molecular formula is C13H18ClN5O2. The van der Waals surface area contributed by atoms with Crippen LogP contribution in [-0.2, 0) is 0 Å². The number of nitro benzene ring substituents is 1. The van der Waals surface area contributed by atoms with Gasteiger partial charge in [0.1, 0.15) is 0 Å². The lowest BCUT2D eigenvalue weighted by Gasteiger charge is -2.31. The van der Waals surface area contributed by atoms with E-state index >= 15 is 0 Å². The Balaban J connectivity index is 0.00000161. The number of aromatic nitrogens is 2. The Bertz CT molecular complexity index is 639. The van der Waals surface area contributed by atoms with Crippen LogP contribution in [0.5, 0.6) is 0 Å². The fourth-order valence-corrected chi connectivity index (χ4v) is 2.60. The van der Waals surface area contributed by atoms with Gasteiger partial charge >= 0.3 is 0 Å². The lowest BCUT2D eigenvalue weighted by atomic mass is 10.1. The van der Waals surface area contributed by atoms with Gasteiger partial charge in [-0.3, -0.25) is 10.1 Å². The van der Waals surface area contributed by atoms with Gasteiger partial charge < -0.3 is 15.2 Å². The molecule has 0 radical (unpaired) electrons. The second-order valence-corrected chi connectivity index (χ2v) is 5.13. The number of halogens is 1. The Morgan fingerprint density at radius 2 is 2.29 bits per heavy atom. The van der Waals surface area contributed by atoms with Crippen molar-refractivity contribution in [3.05, 3.63) is 28.3 Å². The van der Waals surface area contributed by atoms with Crippen molar-refractivity contribution in [3.63, 3.8) is 0 Å². The summed E-state index contributed by atoms with van der Waals surface area (Å²) in [7, 11) is 2.00. The summed E-state index contributed by atoms with van der Waals surface area (Å²) >= 11 is 0. The molecule has 1 fully saturated rings. The van der Waals surface area contributed by atoms with Crippen molar-refractivity contribution in [3.8, 4) is 0 Å². The van der Waals surface area contributed by atoms with Gasteiger partial charge in [0, 0.05) is 31.8 Å². The number of hydrogen-bond acceptors (Lipinski definition) is 5. The highest BCUT2D eigenvalue weighted by Crippen LogP contribution is 2.23. The van der Waals surface area contributed by atoms with Gasteiger partial charge in [-0.15, -0.1) is 12.4 Å². The minimum Gasteiger partial charge on any atom is -0.341 e. The first kappa shape index (κ1) is 15.5. The quantitative estimate of drug-likeness (QED) is 0.669. The molecule has 2 aromatic rings. The van der Waals surface area contributed by atoms with Gasteiger partial charge in [0.05, 0.1) is 16.0 Å². The molecule has 0 aliphatic carbocycles. The number of aromatic amines is 1. The zero-order valence-corrected chi connectivity index (χ0v) is 12.5. The molecule has 0 amide bonds. The monoisotopic (exact) mass is 311 g/mol. The van der Waals surface area contributed by atoms with Crippen LogP contribution in [0.15, 0.2) is 18.2 Å². The van der Waals surface area contributed by atoms with Gasteiger partial charge in [0.15, 0.2) is 0 Å². The Morgan fingerprint density at radius 3 is 2.95 bits per heavy atom. The maximum atomic E-state index is 10.8. The number of benzene rings is 1. The van der Waals surface area contributed by atoms with Crippen molar-refractivity contribution in [2.75, 3.05) is 25.0 Å². The van der Waals surface area contributed by atoms with Gasteiger partial charge in [0.2, 0.25) is 5.95 Å². The van der Waals surface area contributed by atoms with E-state index in [2.05, 4.69) is 20.2 Å². The maximum absolute atomic E-state index is 10.8. The molecule has 21 heavy (non-hydrogen) atoms. The number of fused-ring (bicyclic) bond motifs is 1. The molecule has 7 nitrogen and oxygen atoms in total. The minimum atomic E-state index is -0.394. The Kier molecular flexibility index (Phi) is 4.64. The predicted molar refractivity (Wildman–Crippen MR) is 84.3 cm³/mol. The van der Waals surface area contributed by atoms with Crippen molar-refractivity contribution in [2.24, 2.45) is 0 Å². The van der Waals surface area contributed by atoms with Crippen molar-refractivity contribution in [1.82, 2.24) is 15.3 Å². The van der Waals surface area contributed by atoms with E-state index in [4.69, 9.17) is 0 Å². The Morgan fingerprint density at radius 1 is 1.48 bits per heavy atom. The molecule has 114 valence electrons. The molecule has 0 saturated carbocycles. The summed E-state index contributed by atoms with van der Waals surface area (Å²) in [5.41, 5.74) is 1.53. The van der Waals surface area contributed by atoms with Crippen molar-refractivity contribution < 1.29 is 4.92 Å². The number of nitrogens with zero attached hydrogens (tertiary/aromatic N) is 3. The molecule has 1 aromatic heterocycles. The number of nitrogens with one attached hydrogen (secondary N) is 2. The van der Waals surface area contributed by atoms with Crippen molar-refractivity contribution >= 4 is 35.1 Å². The van der Waals surface area contributed by atoms with E-state index in [9.17, 15) is 10.1 Å². The van der Waals surface area contributed by atoms with E-state index in [1.54, 1.807) is 6.07 Å². The zero-order valence-electron chi connectivity index (χ0n) is 11.7. The maximum Gasteiger partial charge on any atom is 0.271 e. The number of likely N-dealkylation sites (N-methyl/N-ethyl adjacent to an activating group) is 1. The third-order valence-electron chi connectivity index (χ3n) is 3.82. The van der Waals surface area contributed by atoms with Gasteiger partial charge in [-0.25, -0.2) is 4.98 Å². The highest BCUT2D eigenvalue weighted by Gasteiger charge is 2.20. The third-order valence-corrected chi connectivity index (χ3v) is 3.82. The zero-order chi connectivity index (χ0) is 14.1. The normalized spacial score (nSPS) is 18.2. The van der Waals surface area contributed by atoms with E-state index in [0.717, 1.165) is 37.4 Å². The summed E-state index contributed by atoms with van der Waals surface area (Å²) in [6, 6.07) is 5.09. The molecule has 1 atom stereocenters. The lowest BCUT2D eigenvalue weighted by Crippen LogP contribution is -2.44. The van der Waals surface area contributed by atoms with Crippen LogP contribution < -0.4 is 10.2 Å². The predicted octanol–water partition coefficient (Wildman–Crippen LogP) is 2.08. The Labute approximate surface area is 128 Å². The standard InChI is InChI=1S/C13H17N5O2.ClH/c1-17(10-3-2-6-14-8-10)13-15-11-5-4-9(18(19)20)7-12(11)16-13;/h4-5,7,10,14H,2-3,6,8H2,1H3,(H,15,16);1H. The van der Waals surface area contributed by atoms with E-state index in [1.807, 2.05) is 7.05 Å². The summed E-state index contributed by atoms with van der Waals surface area (Å²) in [5, 5.41) is 14.2. The van der Waals surface area contributed by atoms with Crippen LogP contribution in [-0.4, -0.2) is 41.1 Å². The second-order valence-electron chi connectivity index (χ2n) is 5.13. The van der Waals surface area contributed by atoms with Crippen molar-refractivity contribution in [2.45, 2.75) is 18.9 Å². The number of nitro groups is 1. The molecule has 1 aromatic carbocycles. The molecule has 2 N–H and O–H groups in total. The second kappa shape index (κ2) is 6.28. The smallest absolute Gasteiger partial charge is 0.271 e. The summed E-state index contributed by atoms with van der Waals surface area (Å²) in [6.07, 6.45) is 2.28. The van der Waals surface area contributed by atoms with Crippen LogP contribution in [0.3, 0.4) is 0 Å². The van der Waals surface area contributed by atoms with Crippen LogP contribution in [0.2, 0.25) is 0 Å². The molecule has 3 rings (SSSR count). The number of non-ortho nitro benzene ring substituents is 1. The lowest BCUT2D eigenvalue weighted by molar-refractivity contribution is -0.384. The SMILES string of the molecule is CN(c1nc2ccc([N+](=O)[O-])cc2[nH]1)C1CCCNC1.Cl. The van der Waals surface area contributed by atoms with Crippen LogP contribution >= 0.6 is 12.4 Å². The molecule has 1 saturated heterocycles. The molecule has 1 aliphatic rings. The van der Waals surface area contributed by atoms with Gasteiger partial charge in [-0.1, -0.05) is 0 Å². The molecule has 8 heteroatoms. The summed E-state index contributed by atoms with van der Waals surface area (Å²) in [4.78, 5) is 20.2. The van der Waals surface area contributed by atoms with E-state index < -0.39 is 4.92 Å². The number of hydrogen-bond donors (Lipinski definition) is 2. The first-order chi connectivity index (χ1) is 9.65. The largest absolute Gasteiger partial charge is 0.341 e. The highest BCUT2D eigenvalue weighted by atomic mass is 35.5. The minimum absolute atomic E-state index is 0. The van der Waals surface area contributed by atoms with Crippen LogP contribution in [0.25, 0.3) is 11.0 Å². The summed E-state index contributed by atoms with van der Waals surface area (Å²) in [5.74, 6) is 0.759. The molecule has 0 bridgehead atoms.